The van der Waals surface area contributed by atoms with Crippen molar-refractivity contribution in [1.29, 1.82) is 0 Å². The van der Waals surface area contributed by atoms with Crippen LogP contribution in [0.3, 0.4) is 0 Å². The molecule has 2 rings (SSSR count). The Kier molecular flexibility index (Phi) is 4.37. The van der Waals surface area contributed by atoms with Crippen LogP contribution in [0.2, 0.25) is 0 Å². The highest BCUT2D eigenvalue weighted by molar-refractivity contribution is 7.80. The van der Waals surface area contributed by atoms with E-state index in [9.17, 15) is 4.39 Å². The van der Waals surface area contributed by atoms with Gasteiger partial charge in [-0.1, -0.05) is 19.1 Å². The average molecular weight is 282 g/mol. The zero-order valence-corrected chi connectivity index (χ0v) is 12.0. The Morgan fingerprint density at radius 1 is 1.53 bits per heavy atom. The summed E-state index contributed by atoms with van der Waals surface area (Å²) in [5, 5.41) is 0. The second kappa shape index (κ2) is 5.84. The minimum Gasteiger partial charge on any atom is -0.389 e. The number of hydrogen-bond acceptors (Lipinski definition) is 3. The molecule has 0 amide bonds. The van der Waals surface area contributed by atoms with Gasteiger partial charge in [-0.3, -0.25) is 0 Å². The van der Waals surface area contributed by atoms with Crippen molar-refractivity contribution >= 4 is 22.9 Å². The summed E-state index contributed by atoms with van der Waals surface area (Å²) >= 11 is 5.01. The van der Waals surface area contributed by atoms with Crippen LogP contribution in [-0.4, -0.2) is 31.3 Å². The third-order valence-electron chi connectivity index (χ3n) is 3.76. The number of methoxy groups -OCH3 is 1. The molecule has 0 spiro atoms. The molecule has 3 nitrogen and oxygen atoms in total. The van der Waals surface area contributed by atoms with Crippen LogP contribution < -0.4 is 10.6 Å². The zero-order chi connectivity index (χ0) is 14.0. The summed E-state index contributed by atoms with van der Waals surface area (Å²) in [5.41, 5.74) is 7.18. The van der Waals surface area contributed by atoms with Crippen LogP contribution in [0.1, 0.15) is 18.9 Å². The van der Waals surface area contributed by atoms with E-state index in [1.807, 2.05) is 0 Å². The Hall–Kier alpha value is -1.20. The number of nitrogens with zero attached hydrogens (tertiary/aromatic N) is 1. The van der Waals surface area contributed by atoms with Gasteiger partial charge in [-0.05, 0) is 30.5 Å². The third-order valence-corrected chi connectivity index (χ3v) is 3.98. The van der Waals surface area contributed by atoms with Gasteiger partial charge in [0.15, 0.2) is 0 Å². The first-order valence-corrected chi connectivity index (χ1v) is 6.81. The number of hydrogen-bond donors (Lipinski definition) is 1. The maximum Gasteiger partial charge on any atom is 0.124 e. The smallest absolute Gasteiger partial charge is 0.124 e. The number of anilines is 1. The highest BCUT2D eigenvalue weighted by Gasteiger charge is 2.27. The molecule has 1 saturated heterocycles. The molecule has 0 aromatic heterocycles. The fourth-order valence-corrected chi connectivity index (χ4v) is 2.70. The van der Waals surface area contributed by atoms with Crippen LogP contribution in [0.4, 0.5) is 10.1 Å². The number of piperidine rings is 1. The number of ether oxygens (including phenoxy) is 1. The van der Waals surface area contributed by atoms with E-state index >= 15 is 0 Å². The Bertz CT molecular complexity index is 481. The third kappa shape index (κ3) is 3.04. The maximum atomic E-state index is 13.3. The second-order valence-corrected chi connectivity index (χ2v) is 5.45. The summed E-state index contributed by atoms with van der Waals surface area (Å²) in [6, 6.07) is 4.58. The van der Waals surface area contributed by atoms with E-state index in [4.69, 9.17) is 22.7 Å². The van der Waals surface area contributed by atoms with Crippen molar-refractivity contribution < 1.29 is 9.13 Å². The van der Waals surface area contributed by atoms with Crippen LogP contribution in [-0.2, 0) is 4.74 Å². The molecule has 2 N–H and O–H groups in total. The fourth-order valence-electron chi connectivity index (χ4n) is 2.54. The van der Waals surface area contributed by atoms with Gasteiger partial charge in [0.2, 0.25) is 0 Å². The Labute approximate surface area is 118 Å². The summed E-state index contributed by atoms with van der Waals surface area (Å²) in [5.74, 6) is 0.204. The first-order chi connectivity index (χ1) is 9.02. The average Bonchev–Trinajstić information content (AvgIpc) is 2.39. The number of benzene rings is 1. The molecule has 0 radical (unpaired) electrons. The van der Waals surface area contributed by atoms with E-state index in [-0.39, 0.29) is 16.9 Å². The van der Waals surface area contributed by atoms with Crippen molar-refractivity contribution in [3.8, 4) is 0 Å². The molecule has 104 valence electrons. The molecule has 19 heavy (non-hydrogen) atoms. The number of rotatable bonds is 3. The van der Waals surface area contributed by atoms with Crippen LogP contribution in [0.15, 0.2) is 18.2 Å². The highest BCUT2D eigenvalue weighted by Crippen LogP contribution is 2.28. The van der Waals surface area contributed by atoms with Crippen LogP contribution in [0.25, 0.3) is 0 Å². The molecule has 1 aromatic carbocycles. The van der Waals surface area contributed by atoms with E-state index in [1.54, 1.807) is 13.2 Å². The molecule has 5 heteroatoms. The molecule has 0 aliphatic carbocycles. The molecule has 2 unspecified atom stereocenters. The molecule has 1 aromatic rings. The molecule has 1 aliphatic rings. The lowest BCUT2D eigenvalue weighted by molar-refractivity contribution is 0.0498. The fraction of sp³-hybridized carbons (Fsp3) is 0.500. The lowest BCUT2D eigenvalue weighted by atomic mass is 9.95. The summed E-state index contributed by atoms with van der Waals surface area (Å²) in [6.45, 7) is 3.87. The quantitative estimate of drug-likeness (QED) is 0.864. The lowest BCUT2D eigenvalue weighted by Gasteiger charge is -2.38. The van der Waals surface area contributed by atoms with Crippen molar-refractivity contribution in [3.05, 3.63) is 29.6 Å². The monoisotopic (exact) mass is 282 g/mol. The predicted octanol–water partition coefficient (Wildman–Crippen LogP) is 2.32. The molecule has 1 fully saturated rings. The van der Waals surface area contributed by atoms with Crippen molar-refractivity contribution in [1.82, 2.24) is 0 Å². The number of thiocarbonyl (C=S) groups is 1. The Morgan fingerprint density at radius 2 is 2.26 bits per heavy atom. The van der Waals surface area contributed by atoms with E-state index < -0.39 is 0 Å². The first kappa shape index (κ1) is 14.2. The van der Waals surface area contributed by atoms with Gasteiger partial charge in [-0.25, -0.2) is 4.39 Å². The normalized spacial score (nSPS) is 23.4. The predicted molar refractivity (Wildman–Crippen MR) is 79.1 cm³/mol. The van der Waals surface area contributed by atoms with Gasteiger partial charge in [0.1, 0.15) is 10.8 Å². The minimum absolute atomic E-state index is 0.179. The number of nitrogens with two attached hydrogens (primary N) is 1. The summed E-state index contributed by atoms with van der Waals surface area (Å²) in [6.07, 6.45) is 1.21. The van der Waals surface area contributed by atoms with Crippen molar-refractivity contribution in [2.75, 3.05) is 25.1 Å². The van der Waals surface area contributed by atoms with Crippen LogP contribution >= 0.6 is 12.2 Å². The Morgan fingerprint density at radius 3 is 2.89 bits per heavy atom. The minimum atomic E-state index is -0.319. The van der Waals surface area contributed by atoms with Gasteiger partial charge in [-0.2, -0.15) is 0 Å². The highest BCUT2D eigenvalue weighted by atomic mass is 32.1. The first-order valence-electron chi connectivity index (χ1n) is 6.40. The lowest BCUT2D eigenvalue weighted by Crippen LogP contribution is -2.44. The van der Waals surface area contributed by atoms with Gasteiger partial charge in [0.25, 0.3) is 0 Å². The topological polar surface area (TPSA) is 38.5 Å². The van der Waals surface area contributed by atoms with Crippen LogP contribution in [0, 0.1) is 11.7 Å². The van der Waals surface area contributed by atoms with E-state index in [0.29, 0.717) is 11.5 Å². The second-order valence-electron chi connectivity index (χ2n) is 5.01. The zero-order valence-electron chi connectivity index (χ0n) is 11.2. The molecule has 0 saturated carbocycles. The van der Waals surface area contributed by atoms with E-state index in [1.165, 1.54) is 12.1 Å². The van der Waals surface area contributed by atoms with Gasteiger partial charge in [0, 0.05) is 31.5 Å². The largest absolute Gasteiger partial charge is 0.389 e. The van der Waals surface area contributed by atoms with Gasteiger partial charge < -0.3 is 15.4 Å². The van der Waals surface area contributed by atoms with E-state index in [0.717, 1.165) is 25.2 Å². The molecule has 1 aliphatic heterocycles. The molecule has 2 atom stereocenters. The van der Waals surface area contributed by atoms with Gasteiger partial charge in [-0.15, -0.1) is 0 Å². The van der Waals surface area contributed by atoms with Crippen molar-refractivity contribution in [3.63, 3.8) is 0 Å². The molecule has 1 heterocycles. The van der Waals surface area contributed by atoms with Crippen molar-refractivity contribution in [2.45, 2.75) is 19.4 Å². The SMILES string of the molecule is COC1CN(c2ccc(F)cc2C(N)=S)CCC1C. The molecular formula is C14H19FN2OS. The van der Waals surface area contributed by atoms with E-state index in [2.05, 4.69) is 11.8 Å². The van der Waals surface area contributed by atoms with Gasteiger partial charge >= 0.3 is 0 Å². The molecular weight excluding hydrogens is 263 g/mol. The summed E-state index contributed by atoms with van der Waals surface area (Å²) in [4.78, 5) is 2.39. The van der Waals surface area contributed by atoms with Gasteiger partial charge in [0.05, 0.1) is 6.10 Å². The summed E-state index contributed by atoms with van der Waals surface area (Å²) < 4.78 is 18.8. The van der Waals surface area contributed by atoms with Crippen molar-refractivity contribution in [2.24, 2.45) is 11.7 Å². The summed E-state index contributed by atoms with van der Waals surface area (Å²) in [7, 11) is 1.73. The maximum absolute atomic E-state index is 13.3. The molecule has 0 bridgehead atoms. The number of halogens is 1. The van der Waals surface area contributed by atoms with Crippen LogP contribution in [0.5, 0.6) is 0 Å². The Balaban J connectivity index is 2.29. The standard InChI is InChI=1S/C14H19FN2OS/c1-9-5-6-17(8-13(9)18-2)12-4-3-10(15)7-11(12)14(16)19/h3-4,7,9,13H,5-6,8H2,1-2H3,(H2,16,19).